The molecule has 0 bridgehead atoms. The number of phosphoric acid groups is 1. The molecule has 0 aromatic carbocycles. The second-order valence-electron chi connectivity index (χ2n) is 2.88. The molecule has 0 aliphatic rings. The number of phosphoric ester groups is 1. The minimum Gasteiger partial charge on any atom is -0.499 e. The van der Waals surface area contributed by atoms with Crippen LogP contribution in [-0.4, -0.2) is 22.5 Å². The monoisotopic (exact) mass is 224 g/mol. The molecule has 0 radical (unpaired) electrons. The summed E-state index contributed by atoms with van der Waals surface area (Å²) >= 11 is 0. The van der Waals surface area contributed by atoms with Gasteiger partial charge in [-0.2, -0.15) is 0 Å². The van der Waals surface area contributed by atoms with Gasteiger partial charge in [0.25, 0.3) is 0 Å². The van der Waals surface area contributed by atoms with Gasteiger partial charge in [0, 0.05) is 0 Å². The first kappa shape index (κ1) is 13.7. The average Bonchev–Trinajstić information content (AvgIpc) is 2.07. The molecule has 2 N–H and O–H groups in total. The van der Waals surface area contributed by atoms with Crippen LogP contribution < -0.4 is 0 Å². The quantitative estimate of drug-likeness (QED) is 0.392. The molecule has 0 amide bonds. The molecule has 84 valence electrons. The highest BCUT2D eigenvalue weighted by molar-refractivity contribution is 7.46. The van der Waals surface area contributed by atoms with Gasteiger partial charge in [-0.25, -0.2) is 4.57 Å². The van der Waals surface area contributed by atoms with Gasteiger partial charge in [0.1, 0.15) is 0 Å². The van der Waals surface area contributed by atoms with E-state index in [9.17, 15) is 4.57 Å². The van der Waals surface area contributed by atoms with E-state index in [1.54, 1.807) is 12.3 Å². The van der Waals surface area contributed by atoms with Crippen LogP contribution >= 0.6 is 7.82 Å². The lowest BCUT2D eigenvalue weighted by Crippen LogP contribution is -2.05. The molecular weight excluding hydrogens is 207 g/mol. The molecule has 0 spiro atoms. The Hall–Kier alpha value is -0.350. The highest BCUT2D eigenvalue weighted by atomic mass is 31.2. The Labute approximate surface area is 84.0 Å². The fraction of sp³-hybridized carbons (Fsp3) is 0.750. The van der Waals surface area contributed by atoms with Crippen molar-refractivity contribution in [2.45, 2.75) is 32.8 Å². The summed E-state index contributed by atoms with van der Waals surface area (Å²) < 4.78 is 19.7. The summed E-state index contributed by atoms with van der Waals surface area (Å²) in [5.74, 6) is 0. The first-order chi connectivity index (χ1) is 6.45. The maximum atomic E-state index is 10.3. The SMILES string of the molecule is CC=COC(C)CCCOP(=O)(O)O. The average molecular weight is 224 g/mol. The summed E-state index contributed by atoms with van der Waals surface area (Å²) in [7, 11) is -4.30. The molecule has 5 nitrogen and oxygen atoms in total. The van der Waals surface area contributed by atoms with Crippen LogP contribution in [0.15, 0.2) is 12.3 Å². The van der Waals surface area contributed by atoms with Gasteiger partial charge in [-0.1, -0.05) is 6.08 Å². The first-order valence-electron chi connectivity index (χ1n) is 4.42. The summed E-state index contributed by atoms with van der Waals surface area (Å²) in [5, 5.41) is 0. The van der Waals surface area contributed by atoms with Gasteiger partial charge in [0.2, 0.25) is 0 Å². The molecule has 0 fully saturated rings. The Morgan fingerprint density at radius 1 is 1.50 bits per heavy atom. The smallest absolute Gasteiger partial charge is 0.469 e. The minimum atomic E-state index is -4.30. The summed E-state index contributed by atoms with van der Waals surface area (Å²) in [5.41, 5.74) is 0. The Morgan fingerprint density at radius 2 is 2.14 bits per heavy atom. The molecule has 0 aromatic heterocycles. The van der Waals surface area contributed by atoms with E-state index in [2.05, 4.69) is 4.52 Å². The molecule has 0 aliphatic heterocycles. The Balaban J connectivity index is 3.40. The number of rotatable bonds is 7. The van der Waals surface area contributed by atoms with E-state index in [-0.39, 0.29) is 12.7 Å². The Bertz CT molecular complexity index is 210. The molecule has 0 rings (SSSR count). The van der Waals surface area contributed by atoms with Crippen molar-refractivity contribution in [1.82, 2.24) is 0 Å². The van der Waals surface area contributed by atoms with E-state index in [4.69, 9.17) is 14.5 Å². The number of hydrogen-bond donors (Lipinski definition) is 2. The van der Waals surface area contributed by atoms with Gasteiger partial charge in [-0.05, 0) is 26.7 Å². The van der Waals surface area contributed by atoms with Gasteiger partial charge < -0.3 is 14.5 Å². The van der Waals surface area contributed by atoms with Crippen LogP contribution in [0.2, 0.25) is 0 Å². The lowest BCUT2D eigenvalue weighted by Gasteiger charge is -2.11. The zero-order chi connectivity index (χ0) is 11.0. The van der Waals surface area contributed by atoms with Crippen molar-refractivity contribution < 1.29 is 23.6 Å². The van der Waals surface area contributed by atoms with E-state index in [0.29, 0.717) is 12.8 Å². The fourth-order valence-electron chi connectivity index (χ4n) is 0.835. The van der Waals surface area contributed by atoms with Crippen LogP contribution in [0.1, 0.15) is 26.7 Å². The van der Waals surface area contributed by atoms with Gasteiger partial charge in [-0.15, -0.1) is 0 Å². The highest BCUT2D eigenvalue weighted by Crippen LogP contribution is 2.35. The summed E-state index contributed by atoms with van der Waals surface area (Å²) in [6.07, 6.45) is 4.66. The lowest BCUT2D eigenvalue weighted by atomic mass is 10.2. The van der Waals surface area contributed by atoms with Gasteiger partial charge in [0.05, 0.1) is 19.0 Å². The third-order valence-corrected chi connectivity index (χ3v) is 1.98. The third-order valence-electron chi connectivity index (χ3n) is 1.46. The van der Waals surface area contributed by atoms with E-state index in [0.717, 1.165) is 0 Å². The maximum Gasteiger partial charge on any atom is 0.469 e. The van der Waals surface area contributed by atoms with Gasteiger partial charge in [-0.3, -0.25) is 4.52 Å². The van der Waals surface area contributed by atoms with Crippen LogP contribution in [0, 0.1) is 0 Å². The molecular formula is C8H17O5P. The zero-order valence-electron chi connectivity index (χ0n) is 8.42. The minimum absolute atomic E-state index is 0.0339. The Morgan fingerprint density at radius 3 is 2.64 bits per heavy atom. The van der Waals surface area contributed by atoms with Crippen LogP contribution in [0.3, 0.4) is 0 Å². The molecule has 0 aliphatic carbocycles. The summed E-state index contributed by atoms with van der Waals surface area (Å²) in [6, 6.07) is 0. The van der Waals surface area contributed by atoms with Crippen molar-refractivity contribution in [3.8, 4) is 0 Å². The normalized spacial score (nSPS) is 14.6. The zero-order valence-corrected chi connectivity index (χ0v) is 9.31. The van der Waals surface area contributed by atoms with Crippen LogP contribution in [0.4, 0.5) is 0 Å². The van der Waals surface area contributed by atoms with E-state index in [1.165, 1.54) is 0 Å². The molecule has 6 heteroatoms. The number of hydrogen-bond acceptors (Lipinski definition) is 3. The second kappa shape index (κ2) is 7.01. The Kier molecular flexibility index (Phi) is 6.83. The first-order valence-corrected chi connectivity index (χ1v) is 5.95. The number of ether oxygens (including phenoxy) is 1. The highest BCUT2D eigenvalue weighted by Gasteiger charge is 2.13. The number of allylic oxidation sites excluding steroid dienone is 1. The predicted octanol–water partition coefficient (Wildman–Crippen LogP) is 1.81. The second-order valence-corrected chi connectivity index (χ2v) is 4.12. The fourth-order valence-corrected chi connectivity index (χ4v) is 1.20. The van der Waals surface area contributed by atoms with Crippen molar-refractivity contribution in [2.24, 2.45) is 0 Å². The van der Waals surface area contributed by atoms with Crippen LogP contribution in [-0.2, 0) is 13.8 Å². The molecule has 0 heterocycles. The molecule has 1 unspecified atom stereocenters. The largest absolute Gasteiger partial charge is 0.499 e. The van der Waals surface area contributed by atoms with Crippen LogP contribution in [0.25, 0.3) is 0 Å². The van der Waals surface area contributed by atoms with E-state index in [1.807, 2.05) is 13.8 Å². The lowest BCUT2D eigenvalue weighted by molar-refractivity contribution is 0.135. The van der Waals surface area contributed by atoms with Crippen molar-refractivity contribution in [1.29, 1.82) is 0 Å². The summed E-state index contributed by atoms with van der Waals surface area (Å²) in [4.78, 5) is 16.7. The molecule has 0 saturated heterocycles. The molecule has 1 atom stereocenters. The topological polar surface area (TPSA) is 76.0 Å². The van der Waals surface area contributed by atoms with E-state index >= 15 is 0 Å². The molecule has 14 heavy (non-hydrogen) atoms. The molecule has 0 saturated carbocycles. The van der Waals surface area contributed by atoms with E-state index < -0.39 is 7.82 Å². The van der Waals surface area contributed by atoms with Crippen molar-refractivity contribution in [3.63, 3.8) is 0 Å². The predicted molar refractivity (Wildman–Crippen MR) is 52.6 cm³/mol. The van der Waals surface area contributed by atoms with Crippen LogP contribution in [0.5, 0.6) is 0 Å². The van der Waals surface area contributed by atoms with Crippen molar-refractivity contribution in [2.75, 3.05) is 6.61 Å². The maximum absolute atomic E-state index is 10.3. The van der Waals surface area contributed by atoms with Crippen molar-refractivity contribution in [3.05, 3.63) is 12.3 Å². The molecule has 0 aromatic rings. The van der Waals surface area contributed by atoms with Crippen molar-refractivity contribution >= 4 is 7.82 Å². The summed E-state index contributed by atoms with van der Waals surface area (Å²) in [6.45, 7) is 3.79. The third kappa shape index (κ3) is 9.74. The standard InChI is InChI=1S/C8H17O5P/c1-3-6-12-8(2)5-4-7-13-14(9,10)11/h3,6,8H,4-5,7H2,1-2H3,(H2,9,10,11). The van der Waals surface area contributed by atoms with Gasteiger partial charge in [0.15, 0.2) is 0 Å². The van der Waals surface area contributed by atoms with Gasteiger partial charge >= 0.3 is 7.82 Å².